The second-order valence-electron chi connectivity index (χ2n) is 6.10. The van der Waals surface area contributed by atoms with Crippen molar-refractivity contribution in [1.29, 1.82) is 0 Å². The molecule has 1 aliphatic rings. The van der Waals surface area contributed by atoms with Gasteiger partial charge in [0.05, 0.1) is 12.3 Å². The lowest BCUT2D eigenvalue weighted by molar-refractivity contribution is 0.0590. The predicted octanol–water partition coefficient (Wildman–Crippen LogP) is 4.30. The fraction of sp³-hybridized carbons (Fsp3) is 0.500. The van der Waals surface area contributed by atoms with E-state index in [0.717, 1.165) is 36.7 Å². The van der Waals surface area contributed by atoms with Gasteiger partial charge in [0, 0.05) is 30.3 Å². The Kier molecular flexibility index (Phi) is 5.36. The Morgan fingerprint density at radius 3 is 2.83 bits per heavy atom. The van der Waals surface area contributed by atoms with Gasteiger partial charge < -0.3 is 9.15 Å². The van der Waals surface area contributed by atoms with E-state index in [9.17, 15) is 0 Å². The van der Waals surface area contributed by atoms with Crippen LogP contribution in [0.4, 0.5) is 0 Å². The standard InChI is InChI=1S/C18H23ClN2O2/c1-13-17(11-21-10-4-3-5-16(21)12-22-2)20-18(23-13)14-6-8-15(19)9-7-14/h6-9,16H,3-5,10-12H2,1-2H3/t16-/m1/s1. The quantitative estimate of drug-likeness (QED) is 0.817. The topological polar surface area (TPSA) is 38.5 Å². The smallest absolute Gasteiger partial charge is 0.226 e. The maximum Gasteiger partial charge on any atom is 0.226 e. The molecule has 0 aliphatic carbocycles. The molecule has 0 spiro atoms. The Bertz CT molecular complexity index is 637. The van der Waals surface area contributed by atoms with E-state index in [1.54, 1.807) is 7.11 Å². The van der Waals surface area contributed by atoms with E-state index in [1.165, 1.54) is 19.3 Å². The molecule has 1 fully saturated rings. The number of aryl methyl sites for hydroxylation is 1. The Balaban J connectivity index is 1.76. The van der Waals surface area contributed by atoms with Gasteiger partial charge in [-0.3, -0.25) is 4.90 Å². The molecule has 0 saturated carbocycles. The molecule has 1 saturated heterocycles. The molecule has 1 aliphatic heterocycles. The number of methoxy groups -OCH3 is 1. The van der Waals surface area contributed by atoms with Crippen LogP contribution in [0.3, 0.4) is 0 Å². The summed E-state index contributed by atoms with van der Waals surface area (Å²) < 4.78 is 11.2. The number of nitrogens with zero attached hydrogens (tertiary/aromatic N) is 2. The lowest BCUT2D eigenvalue weighted by Gasteiger charge is -2.34. The maximum absolute atomic E-state index is 5.94. The van der Waals surface area contributed by atoms with E-state index < -0.39 is 0 Å². The third-order valence-corrected chi connectivity index (χ3v) is 4.70. The first-order valence-corrected chi connectivity index (χ1v) is 8.50. The number of rotatable bonds is 5. The van der Waals surface area contributed by atoms with Crippen LogP contribution < -0.4 is 0 Å². The van der Waals surface area contributed by atoms with Gasteiger partial charge in [0.25, 0.3) is 0 Å². The van der Waals surface area contributed by atoms with Crippen LogP contribution in [0.25, 0.3) is 11.5 Å². The monoisotopic (exact) mass is 334 g/mol. The van der Waals surface area contributed by atoms with Crippen LogP contribution >= 0.6 is 11.6 Å². The first-order chi connectivity index (χ1) is 11.2. The summed E-state index contributed by atoms with van der Waals surface area (Å²) in [5.74, 6) is 1.55. The summed E-state index contributed by atoms with van der Waals surface area (Å²) in [6.07, 6.45) is 3.70. The first-order valence-electron chi connectivity index (χ1n) is 8.12. The van der Waals surface area contributed by atoms with Gasteiger partial charge in [-0.05, 0) is 50.6 Å². The minimum Gasteiger partial charge on any atom is -0.441 e. The van der Waals surface area contributed by atoms with E-state index in [1.807, 2.05) is 31.2 Å². The number of hydrogen-bond acceptors (Lipinski definition) is 4. The summed E-state index contributed by atoms with van der Waals surface area (Å²) in [5, 5.41) is 0.716. The lowest BCUT2D eigenvalue weighted by Crippen LogP contribution is -2.41. The van der Waals surface area contributed by atoms with E-state index in [2.05, 4.69) is 4.90 Å². The van der Waals surface area contributed by atoms with Crippen molar-refractivity contribution < 1.29 is 9.15 Å². The summed E-state index contributed by atoms with van der Waals surface area (Å²) in [4.78, 5) is 7.17. The Hall–Kier alpha value is -1.36. The van der Waals surface area contributed by atoms with Crippen molar-refractivity contribution in [3.63, 3.8) is 0 Å². The van der Waals surface area contributed by atoms with Gasteiger partial charge in [-0.25, -0.2) is 4.98 Å². The minimum absolute atomic E-state index is 0.476. The van der Waals surface area contributed by atoms with Crippen LogP contribution in [-0.2, 0) is 11.3 Å². The zero-order chi connectivity index (χ0) is 16.2. The van der Waals surface area contributed by atoms with Crippen molar-refractivity contribution in [2.24, 2.45) is 0 Å². The van der Waals surface area contributed by atoms with E-state index in [4.69, 9.17) is 25.7 Å². The zero-order valence-electron chi connectivity index (χ0n) is 13.7. The van der Waals surface area contributed by atoms with Gasteiger partial charge in [-0.2, -0.15) is 0 Å². The number of aromatic nitrogens is 1. The van der Waals surface area contributed by atoms with Crippen molar-refractivity contribution in [2.75, 3.05) is 20.3 Å². The highest BCUT2D eigenvalue weighted by Crippen LogP contribution is 2.26. The summed E-state index contributed by atoms with van der Waals surface area (Å²) in [6.45, 7) is 4.67. The number of ether oxygens (including phenoxy) is 1. The SMILES string of the molecule is COC[C@H]1CCCCN1Cc1nc(-c2ccc(Cl)cc2)oc1C. The molecule has 124 valence electrons. The van der Waals surface area contributed by atoms with E-state index in [-0.39, 0.29) is 0 Å². The normalized spacial score (nSPS) is 19.2. The number of hydrogen-bond donors (Lipinski definition) is 0. The molecule has 1 aromatic carbocycles. The average molecular weight is 335 g/mol. The van der Waals surface area contributed by atoms with Crippen LogP contribution in [0, 0.1) is 6.92 Å². The molecule has 0 bridgehead atoms. The predicted molar refractivity (Wildman–Crippen MR) is 91.6 cm³/mol. The molecule has 4 nitrogen and oxygen atoms in total. The van der Waals surface area contributed by atoms with Gasteiger partial charge in [0.1, 0.15) is 5.76 Å². The van der Waals surface area contributed by atoms with E-state index >= 15 is 0 Å². The number of halogens is 1. The Labute approximate surface area is 142 Å². The molecule has 23 heavy (non-hydrogen) atoms. The summed E-state index contributed by atoms with van der Waals surface area (Å²) in [5.41, 5.74) is 1.97. The molecule has 2 heterocycles. The minimum atomic E-state index is 0.476. The largest absolute Gasteiger partial charge is 0.441 e. The number of benzene rings is 1. The Morgan fingerprint density at radius 2 is 2.09 bits per heavy atom. The molecule has 5 heteroatoms. The maximum atomic E-state index is 5.94. The lowest BCUT2D eigenvalue weighted by atomic mass is 10.0. The molecule has 1 aromatic heterocycles. The van der Waals surface area contributed by atoms with Crippen molar-refractivity contribution >= 4 is 11.6 Å². The Morgan fingerprint density at radius 1 is 1.30 bits per heavy atom. The first kappa shape index (κ1) is 16.5. The number of piperidine rings is 1. The van der Waals surface area contributed by atoms with Crippen molar-refractivity contribution in [2.45, 2.75) is 38.8 Å². The van der Waals surface area contributed by atoms with Gasteiger partial charge in [0.2, 0.25) is 5.89 Å². The molecule has 0 N–H and O–H groups in total. The van der Waals surface area contributed by atoms with Crippen molar-refractivity contribution in [3.8, 4) is 11.5 Å². The molecule has 3 rings (SSSR count). The molecular weight excluding hydrogens is 312 g/mol. The van der Waals surface area contributed by atoms with Crippen LogP contribution in [0.1, 0.15) is 30.7 Å². The summed E-state index contributed by atoms with van der Waals surface area (Å²) in [6, 6.07) is 8.06. The molecule has 1 atom stereocenters. The molecular formula is C18H23ClN2O2. The molecule has 0 unspecified atom stereocenters. The third-order valence-electron chi connectivity index (χ3n) is 4.44. The van der Waals surface area contributed by atoms with Gasteiger partial charge in [-0.15, -0.1) is 0 Å². The number of likely N-dealkylation sites (tertiary alicyclic amines) is 1. The number of oxazole rings is 1. The highest BCUT2D eigenvalue weighted by atomic mass is 35.5. The van der Waals surface area contributed by atoms with Crippen LogP contribution in [0.2, 0.25) is 5.02 Å². The van der Waals surface area contributed by atoms with Crippen molar-refractivity contribution in [3.05, 3.63) is 40.7 Å². The van der Waals surface area contributed by atoms with Crippen LogP contribution in [-0.4, -0.2) is 36.2 Å². The second kappa shape index (κ2) is 7.47. The molecule has 2 aromatic rings. The highest BCUT2D eigenvalue weighted by Gasteiger charge is 2.24. The highest BCUT2D eigenvalue weighted by molar-refractivity contribution is 6.30. The fourth-order valence-electron chi connectivity index (χ4n) is 3.13. The molecule has 0 radical (unpaired) electrons. The zero-order valence-corrected chi connectivity index (χ0v) is 14.5. The summed E-state index contributed by atoms with van der Waals surface area (Å²) in [7, 11) is 1.77. The fourth-order valence-corrected chi connectivity index (χ4v) is 3.26. The average Bonchev–Trinajstić information content (AvgIpc) is 2.91. The van der Waals surface area contributed by atoms with Crippen LogP contribution in [0.5, 0.6) is 0 Å². The summed E-state index contributed by atoms with van der Waals surface area (Å²) >= 11 is 5.94. The van der Waals surface area contributed by atoms with Gasteiger partial charge >= 0.3 is 0 Å². The van der Waals surface area contributed by atoms with Gasteiger partial charge in [-0.1, -0.05) is 18.0 Å². The van der Waals surface area contributed by atoms with Gasteiger partial charge in [0.15, 0.2) is 0 Å². The second-order valence-corrected chi connectivity index (χ2v) is 6.54. The molecule has 0 amide bonds. The van der Waals surface area contributed by atoms with Crippen molar-refractivity contribution in [1.82, 2.24) is 9.88 Å². The van der Waals surface area contributed by atoms with Crippen LogP contribution in [0.15, 0.2) is 28.7 Å². The van der Waals surface area contributed by atoms with E-state index in [0.29, 0.717) is 17.0 Å². The third kappa shape index (κ3) is 3.94.